The van der Waals surface area contributed by atoms with Crippen LogP contribution in [0.15, 0.2) is 30.5 Å². The molecule has 0 bridgehead atoms. The van der Waals surface area contributed by atoms with E-state index >= 15 is 0 Å². The Bertz CT molecular complexity index is 1450. The SMILES string of the molecule is CC(=O)N1CCn2c(C3CCOCC3)nc(-c3ccnc4cc(N5CCN(C(=O)OC(C)(C)C)CC5)ccc34)c2C1. The molecule has 10 nitrogen and oxygen atoms in total. The number of carbonyl (C=O) groups excluding carboxylic acids is 2. The molecule has 3 aliphatic rings. The van der Waals surface area contributed by atoms with Crippen molar-refractivity contribution >= 4 is 28.6 Å². The fourth-order valence-electron chi connectivity index (χ4n) is 6.16. The number of ether oxygens (including phenoxy) is 2. The predicted molar refractivity (Wildman–Crippen MR) is 157 cm³/mol. The minimum Gasteiger partial charge on any atom is -0.444 e. The molecule has 3 aromatic rings. The number of amides is 2. The van der Waals surface area contributed by atoms with Crippen molar-refractivity contribution in [2.24, 2.45) is 0 Å². The molecule has 3 aliphatic heterocycles. The second kappa shape index (κ2) is 11.0. The van der Waals surface area contributed by atoms with E-state index in [1.54, 1.807) is 11.8 Å². The van der Waals surface area contributed by atoms with E-state index in [0.29, 0.717) is 32.1 Å². The van der Waals surface area contributed by atoms with Gasteiger partial charge in [-0.1, -0.05) is 6.07 Å². The summed E-state index contributed by atoms with van der Waals surface area (Å²) in [4.78, 5) is 40.8. The number of imidazole rings is 1. The molecule has 10 heteroatoms. The van der Waals surface area contributed by atoms with Crippen LogP contribution in [0.1, 0.15) is 58.0 Å². The highest BCUT2D eigenvalue weighted by atomic mass is 16.6. The Morgan fingerprint density at radius 3 is 2.41 bits per heavy atom. The number of hydrogen-bond donors (Lipinski definition) is 0. The van der Waals surface area contributed by atoms with E-state index in [2.05, 4.69) is 27.7 Å². The Labute approximate surface area is 241 Å². The number of carbonyl (C=O) groups is 2. The van der Waals surface area contributed by atoms with Crippen LogP contribution < -0.4 is 4.90 Å². The van der Waals surface area contributed by atoms with Crippen molar-refractivity contribution < 1.29 is 19.1 Å². The molecule has 0 saturated carbocycles. The summed E-state index contributed by atoms with van der Waals surface area (Å²) in [6.45, 7) is 13.5. The summed E-state index contributed by atoms with van der Waals surface area (Å²) in [7, 11) is 0. The lowest BCUT2D eigenvalue weighted by Gasteiger charge is -2.36. The number of rotatable bonds is 3. The molecule has 2 amide bonds. The molecule has 2 saturated heterocycles. The van der Waals surface area contributed by atoms with Crippen molar-refractivity contribution in [3.8, 4) is 11.3 Å². The van der Waals surface area contributed by atoms with Gasteiger partial charge in [0.05, 0.1) is 23.4 Å². The summed E-state index contributed by atoms with van der Waals surface area (Å²) >= 11 is 0. The normalized spacial score (nSPS) is 18.5. The maximum atomic E-state index is 12.5. The third-order valence-corrected chi connectivity index (χ3v) is 8.35. The average molecular weight is 561 g/mol. The van der Waals surface area contributed by atoms with Crippen molar-refractivity contribution in [1.29, 1.82) is 0 Å². The largest absolute Gasteiger partial charge is 0.444 e. The Morgan fingerprint density at radius 1 is 0.976 bits per heavy atom. The second-order valence-electron chi connectivity index (χ2n) is 12.3. The Kier molecular flexibility index (Phi) is 7.36. The van der Waals surface area contributed by atoms with E-state index in [0.717, 1.165) is 85.1 Å². The van der Waals surface area contributed by atoms with E-state index in [9.17, 15) is 9.59 Å². The van der Waals surface area contributed by atoms with E-state index in [4.69, 9.17) is 19.4 Å². The zero-order valence-electron chi connectivity index (χ0n) is 24.6. The van der Waals surface area contributed by atoms with Gasteiger partial charge in [-0.05, 0) is 51.8 Å². The summed E-state index contributed by atoms with van der Waals surface area (Å²) in [6.07, 6.45) is 3.53. The van der Waals surface area contributed by atoms with Gasteiger partial charge >= 0.3 is 6.09 Å². The van der Waals surface area contributed by atoms with Crippen LogP contribution in [-0.2, 0) is 27.4 Å². The molecule has 41 heavy (non-hydrogen) atoms. The van der Waals surface area contributed by atoms with E-state index in [1.165, 1.54) is 0 Å². The molecule has 6 rings (SSSR count). The van der Waals surface area contributed by atoms with Crippen LogP contribution in [0.3, 0.4) is 0 Å². The number of aromatic nitrogens is 3. The maximum absolute atomic E-state index is 12.5. The van der Waals surface area contributed by atoms with Gasteiger partial charge < -0.3 is 28.7 Å². The second-order valence-corrected chi connectivity index (χ2v) is 12.3. The maximum Gasteiger partial charge on any atom is 0.410 e. The molecule has 5 heterocycles. The smallest absolute Gasteiger partial charge is 0.410 e. The topological polar surface area (TPSA) is 93.0 Å². The van der Waals surface area contributed by atoms with Crippen molar-refractivity contribution in [3.63, 3.8) is 0 Å². The molecule has 0 spiro atoms. The molecule has 1 aromatic carbocycles. The lowest BCUT2D eigenvalue weighted by Crippen LogP contribution is -2.50. The summed E-state index contributed by atoms with van der Waals surface area (Å²) in [6, 6.07) is 8.45. The molecule has 2 aromatic heterocycles. The molecule has 0 unspecified atom stereocenters. The minimum atomic E-state index is -0.500. The summed E-state index contributed by atoms with van der Waals surface area (Å²) in [5, 5.41) is 1.04. The number of anilines is 1. The molecule has 0 N–H and O–H groups in total. The first-order valence-corrected chi connectivity index (χ1v) is 14.7. The number of nitrogens with zero attached hydrogens (tertiary/aromatic N) is 6. The number of benzene rings is 1. The quantitative estimate of drug-likeness (QED) is 0.469. The standard InChI is InChI=1S/C31H40N6O4/c1-21(38)36-15-16-37-27(20-36)28(33-29(37)22-8-17-40-18-9-22)25-7-10-32-26-19-23(5-6-24(25)26)34-11-13-35(14-12-34)30(39)41-31(2,3)4/h5-7,10,19,22H,8-9,11-18,20H2,1-4H3. The molecule has 0 aliphatic carbocycles. The summed E-state index contributed by atoms with van der Waals surface area (Å²) < 4.78 is 13.5. The summed E-state index contributed by atoms with van der Waals surface area (Å²) in [5.74, 6) is 1.57. The van der Waals surface area contributed by atoms with Crippen molar-refractivity contribution in [2.75, 3.05) is 50.8 Å². The van der Waals surface area contributed by atoms with Crippen LogP contribution in [0.5, 0.6) is 0 Å². The number of hydrogen-bond acceptors (Lipinski definition) is 7. The first kappa shape index (κ1) is 27.5. The number of pyridine rings is 1. The highest BCUT2D eigenvalue weighted by Gasteiger charge is 2.31. The zero-order valence-corrected chi connectivity index (χ0v) is 24.6. The van der Waals surface area contributed by atoms with E-state index in [-0.39, 0.29) is 12.0 Å². The van der Waals surface area contributed by atoms with Gasteiger partial charge in [-0.2, -0.15) is 0 Å². The van der Waals surface area contributed by atoms with Crippen LogP contribution in [0.2, 0.25) is 0 Å². The molecular formula is C31H40N6O4. The van der Waals surface area contributed by atoms with Crippen LogP contribution >= 0.6 is 0 Å². The Balaban J connectivity index is 1.29. The predicted octanol–water partition coefficient (Wildman–Crippen LogP) is 4.41. The number of piperazine rings is 1. The fourth-order valence-corrected chi connectivity index (χ4v) is 6.16. The van der Waals surface area contributed by atoms with Crippen LogP contribution in [-0.4, -0.2) is 87.9 Å². The van der Waals surface area contributed by atoms with Gasteiger partial charge in [-0.3, -0.25) is 9.78 Å². The third-order valence-electron chi connectivity index (χ3n) is 8.35. The fraction of sp³-hybridized carbons (Fsp3) is 0.548. The minimum absolute atomic E-state index is 0.0898. The van der Waals surface area contributed by atoms with E-state index in [1.807, 2.05) is 37.9 Å². The first-order chi connectivity index (χ1) is 19.7. The van der Waals surface area contributed by atoms with Gasteiger partial charge in [0.2, 0.25) is 5.91 Å². The lowest BCUT2D eigenvalue weighted by atomic mass is 9.99. The molecular weight excluding hydrogens is 520 g/mol. The number of fused-ring (bicyclic) bond motifs is 2. The molecule has 0 radical (unpaired) electrons. The molecule has 218 valence electrons. The van der Waals surface area contributed by atoms with Gasteiger partial charge in [0.1, 0.15) is 11.4 Å². The molecule has 0 atom stereocenters. The van der Waals surface area contributed by atoms with Gasteiger partial charge in [0, 0.05) is 88.2 Å². The Hall–Kier alpha value is -3.66. The van der Waals surface area contributed by atoms with Crippen molar-refractivity contribution in [2.45, 2.75) is 65.1 Å². The van der Waals surface area contributed by atoms with Crippen LogP contribution in [0, 0.1) is 0 Å². The van der Waals surface area contributed by atoms with Crippen molar-refractivity contribution in [1.82, 2.24) is 24.3 Å². The molecule has 2 fully saturated rings. The van der Waals surface area contributed by atoms with Gasteiger partial charge in [-0.25, -0.2) is 9.78 Å². The zero-order chi connectivity index (χ0) is 28.7. The third kappa shape index (κ3) is 5.62. The van der Waals surface area contributed by atoms with Crippen LogP contribution in [0.4, 0.5) is 10.5 Å². The highest BCUT2D eigenvalue weighted by Crippen LogP contribution is 2.37. The summed E-state index contributed by atoms with van der Waals surface area (Å²) in [5.41, 5.74) is 4.59. The lowest BCUT2D eigenvalue weighted by molar-refractivity contribution is -0.130. The highest BCUT2D eigenvalue weighted by molar-refractivity contribution is 5.95. The van der Waals surface area contributed by atoms with Crippen LogP contribution in [0.25, 0.3) is 22.2 Å². The average Bonchev–Trinajstić information content (AvgIpc) is 3.35. The van der Waals surface area contributed by atoms with Gasteiger partial charge in [0.25, 0.3) is 0 Å². The van der Waals surface area contributed by atoms with Gasteiger partial charge in [-0.15, -0.1) is 0 Å². The Morgan fingerprint density at radius 2 is 1.71 bits per heavy atom. The van der Waals surface area contributed by atoms with Gasteiger partial charge in [0.15, 0.2) is 0 Å². The van der Waals surface area contributed by atoms with E-state index < -0.39 is 5.60 Å². The monoisotopic (exact) mass is 560 g/mol. The first-order valence-electron chi connectivity index (χ1n) is 14.7. The van der Waals surface area contributed by atoms with Crippen molar-refractivity contribution in [3.05, 3.63) is 42.0 Å².